The number of nitrogens with two attached hydrogens (primary N) is 1. The summed E-state index contributed by atoms with van der Waals surface area (Å²) in [4.78, 5) is 30.1. The molecule has 33 heavy (non-hydrogen) atoms. The zero-order chi connectivity index (χ0) is 23.5. The summed E-state index contributed by atoms with van der Waals surface area (Å²) in [6, 6.07) is 12.1. The van der Waals surface area contributed by atoms with Crippen molar-refractivity contribution in [3.05, 3.63) is 89.1 Å². The summed E-state index contributed by atoms with van der Waals surface area (Å²) in [5.74, 6) is -1.67. The van der Waals surface area contributed by atoms with Crippen LogP contribution in [0.3, 0.4) is 0 Å². The van der Waals surface area contributed by atoms with Crippen LogP contribution in [-0.2, 0) is 6.54 Å². The van der Waals surface area contributed by atoms with Crippen LogP contribution >= 0.6 is 0 Å². The van der Waals surface area contributed by atoms with Gasteiger partial charge in [0, 0.05) is 28.7 Å². The van der Waals surface area contributed by atoms with Gasteiger partial charge in [-0.2, -0.15) is 0 Å². The second-order valence-electron chi connectivity index (χ2n) is 7.41. The highest BCUT2D eigenvalue weighted by molar-refractivity contribution is 5.98. The highest BCUT2D eigenvalue weighted by Crippen LogP contribution is 2.31. The lowest BCUT2D eigenvalue weighted by atomic mass is 10.0. The summed E-state index contributed by atoms with van der Waals surface area (Å²) >= 11 is 0. The topological polar surface area (TPSA) is 107 Å². The van der Waals surface area contributed by atoms with Crippen LogP contribution in [0.1, 0.15) is 27.6 Å². The van der Waals surface area contributed by atoms with Crippen molar-refractivity contribution in [3.8, 4) is 22.5 Å². The summed E-state index contributed by atoms with van der Waals surface area (Å²) in [5.41, 5.74) is 9.61. The molecule has 0 bridgehead atoms. The lowest BCUT2D eigenvalue weighted by Gasteiger charge is -2.14. The van der Waals surface area contributed by atoms with E-state index in [2.05, 4.69) is 25.3 Å². The van der Waals surface area contributed by atoms with Crippen molar-refractivity contribution >= 4 is 11.7 Å². The number of rotatable bonds is 5. The Kier molecular flexibility index (Phi) is 6.03. The normalized spacial score (nSPS) is 10.8. The van der Waals surface area contributed by atoms with Crippen molar-refractivity contribution < 1.29 is 13.6 Å². The molecule has 0 saturated heterocycles. The van der Waals surface area contributed by atoms with Crippen LogP contribution < -0.4 is 11.1 Å². The van der Waals surface area contributed by atoms with Crippen LogP contribution in [0, 0.1) is 25.5 Å². The van der Waals surface area contributed by atoms with Crippen LogP contribution in [0.5, 0.6) is 0 Å². The number of hydrogen-bond acceptors (Lipinski definition) is 6. The van der Waals surface area contributed by atoms with E-state index >= 15 is 0 Å². The van der Waals surface area contributed by atoms with Gasteiger partial charge in [-0.05, 0) is 62.4 Å². The zero-order valence-electron chi connectivity index (χ0n) is 17.9. The molecule has 0 aliphatic heterocycles. The van der Waals surface area contributed by atoms with E-state index in [0.717, 1.165) is 11.4 Å². The molecule has 166 valence electrons. The maximum absolute atomic E-state index is 13.9. The smallest absolute Gasteiger partial charge is 0.274 e. The molecule has 0 fully saturated rings. The van der Waals surface area contributed by atoms with Crippen LogP contribution in [0.15, 0.2) is 54.7 Å². The van der Waals surface area contributed by atoms with Crippen LogP contribution in [0.2, 0.25) is 0 Å². The number of benzene rings is 1. The average Bonchev–Trinajstić information content (AvgIpc) is 2.78. The Morgan fingerprint density at radius 3 is 2.27 bits per heavy atom. The fraction of sp³-hybridized carbons (Fsp3) is 0.125. The minimum Gasteiger partial charge on any atom is -0.382 e. The largest absolute Gasteiger partial charge is 0.382 e. The van der Waals surface area contributed by atoms with Gasteiger partial charge in [-0.15, -0.1) is 0 Å². The number of halogens is 2. The summed E-state index contributed by atoms with van der Waals surface area (Å²) < 4.78 is 27.3. The van der Waals surface area contributed by atoms with E-state index in [9.17, 15) is 13.6 Å². The Labute approximate surface area is 188 Å². The van der Waals surface area contributed by atoms with Gasteiger partial charge in [0.05, 0.1) is 23.6 Å². The van der Waals surface area contributed by atoms with Crippen molar-refractivity contribution in [2.24, 2.45) is 0 Å². The van der Waals surface area contributed by atoms with Gasteiger partial charge in [-0.3, -0.25) is 14.8 Å². The predicted molar refractivity (Wildman–Crippen MR) is 120 cm³/mol. The third-order valence-electron chi connectivity index (χ3n) is 4.86. The Morgan fingerprint density at radius 2 is 1.61 bits per heavy atom. The molecule has 3 heterocycles. The molecule has 0 saturated carbocycles. The molecular weight excluding hydrogens is 426 g/mol. The van der Waals surface area contributed by atoms with Gasteiger partial charge in [0.2, 0.25) is 0 Å². The number of aryl methyl sites for hydroxylation is 2. The number of anilines is 1. The molecule has 1 amide bonds. The van der Waals surface area contributed by atoms with E-state index in [4.69, 9.17) is 5.73 Å². The van der Waals surface area contributed by atoms with Gasteiger partial charge >= 0.3 is 0 Å². The van der Waals surface area contributed by atoms with Gasteiger partial charge in [0.1, 0.15) is 11.6 Å². The SMILES string of the molecule is Cc1cc(-c2nc(C(=O)NCc3ncccc3F)c(N)nc2-c2ccc(F)cc2)cc(C)n1. The molecule has 0 radical (unpaired) electrons. The first kappa shape index (κ1) is 21.9. The molecule has 4 aromatic rings. The van der Waals surface area contributed by atoms with E-state index in [1.54, 1.807) is 12.1 Å². The minimum atomic E-state index is -0.626. The maximum Gasteiger partial charge on any atom is 0.274 e. The standard InChI is InChI=1S/C24H20F2N6O/c1-13-10-16(11-14(2)30-13)21-20(15-5-7-17(25)8-6-15)32-23(27)22(31-21)24(33)29-12-19-18(26)4-3-9-28-19/h3-11H,12H2,1-2H3,(H2,27,32)(H,29,33). The van der Waals surface area contributed by atoms with Gasteiger partial charge < -0.3 is 11.1 Å². The van der Waals surface area contributed by atoms with Gasteiger partial charge in [0.25, 0.3) is 5.91 Å². The zero-order valence-corrected chi connectivity index (χ0v) is 17.9. The van der Waals surface area contributed by atoms with Crippen molar-refractivity contribution in [1.29, 1.82) is 0 Å². The second kappa shape index (κ2) is 9.07. The maximum atomic E-state index is 13.9. The summed E-state index contributed by atoms with van der Waals surface area (Å²) in [6.07, 6.45) is 1.43. The number of carbonyl (C=O) groups excluding carboxylic acids is 1. The molecule has 0 unspecified atom stereocenters. The highest BCUT2D eigenvalue weighted by atomic mass is 19.1. The number of aromatic nitrogens is 4. The monoisotopic (exact) mass is 446 g/mol. The van der Waals surface area contributed by atoms with Gasteiger partial charge in [0.15, 0.2) is 11.5 Å². The van der Waals surface area contributed by atoms with Crippen LogP contribution in [0.4, 0.5) is 14.6 Å². The highest BCUT2D eigenvalue weighted by Gasteiger charge is 2.21. The lowest BCUT2D eigenvalue weighted by molar-refractivity contribution is 0.0946. The Morgan fingerprint density at radius 1 is 0.939 bits per heavy atom. The number of nitrogens with zero attached hydrogens (tertiary/aromatic N) is 4. The average molecular weight is 446 g/mol. The van der Waals surface area contributed by atoms with Crippen molar-refractivity contribution in [2.75, 3.05) is 5.73 Å². The first-order chi connectivity index (χ1) is 15.8. The number of nitrogens with one attached hydrogen (secondary N) is 1. The van der Waals surface area contributed by atoms with Crippen LogP contribution in [-0.4, -0.2) is 25.8 Å². The summed E-state index contributed by atoms with van der Waals surface area (Å²) in [6.45, 7) is 3.54. The third-order valence-corrected chi connectivity index (χ3v) is 4.86. The molecular formula is C24H20F2N6O. The quantitative estimate of drug-likeness (QED) is 0.480. The molecule has 3 aromatic heterocycles. The van der Waals surface area contributed by atoms with E-state index in [1.165, 1.54) is 30.5 Å². The van der Waals surface area contributed by atoms with Crippen molar-refractivity contribution in [1.82, 2.24) is 25.3 Å². The molecule has 4 rings (SSSR count). The Hall–Kier alpha value is -4.27. The molecule has 9 heteroatoms. The van der Waals surface area contributed by atoms with E-state index in [0.29, 0.717) is 22.5 Å². The first-order valence-corrected chi connectivity index (χ1v) is 10.1. The Balaban J connectivity index is 1.78. The van der Waals surface area contributed by atoms with Crippen LogP contribution in [0.25, 0.3) is 22.5 Å². The fourth-order valence-electron chi connectivity index (χ4n) is 3.39. The molecule has 0 spiro atoms. The second-order valence-corrected chi connectivity index (χ2v) is 7.41. The number of amides is 1. The van der Waals surface area contributed by atoms with Gasteiger partial charge in [-0.1, -0.05) is 0 Å². The number of hydrogen-bond donors (Lipinski definition) is 2. The third kappa shape index (κ3) is 4.82. The van der Waals surface area contributed by atoms with Crippen molar-refractivity contribution in [3.63, 3.8) is 0 Å². The number of carbonyl (C=O) groups is 1. The number of pyridine rings is 2. The lowest BCUT2D eigenvalue weighted by Crippen LogP contribution is -2.26. The first-order valence-electron chi connectivity index (χ1n) is 10.1. The predicted octanol–water partition coefficient (Wildman–Crippen LogP) is 4.01. The van der Waals surface area contributed by atoms with E-state index < -0.39 is 17.5 Å². The van der Waals surface area contributed by atoms with E-state index in [1.807, 2.05) is 26.0 Å². The molecule has 0 aliphatic rings. The molecule has 7 nitrogen and oxygen atoms in total. The molecule has 1 aromatic carbocycles. The van der Waals surface area contributed by atoms with E-state index in [-0.39, 0.29) is 23.8 Å². The summed E-state index contributed by atoms with van der Waals surface area (Å²) in [5, 5.41) is 2.58. The van der Waals surface area contributed by atoms with Crippen molar-refractivity contribution in [2.45, 2.75) is 20.4 Å². The molecule has 0 atom stereocenters. The van der Waals surface area contributed by atoms with Gasteiger partial charge in [-0.25, -0.2) is 18.7 Å². The molecule has 0 aliphatic carbocycles. The minimum absolute atomic E-state index is 0.0842. The fourth-order valence-corrected chi connectivity index (χ4v) is 3.39. The number of nitrogen functional groups attached to an aromatic ring is 1. The molecule has 3 N–H and O–H groups in total. The Bertz CT molecular complexity index is 1320. The summed E-state index contributed by atoms with van der Waals surface area (Å²) in [7, 11) is 0.